The molecule has 0 N–H and O–H groups in total. The Hall–Kier alpha value is -2.57. The summed E-state index contributed by atoms with van der Waals surface area (Å²) in [7, 11) is 0. The van der Waals surface area contributed by atoms with Gasteiger partial charge < -0.3 is 9.47 Å². The summed E-state index contributed by atoms with van der Waals surface area (Å²) in [5.41, 5.74) is 1.32. The average Bonchev–Trinajstić information content (AvgIpc) is 3.25. The molecule has 2 saturated carbocycles. The second-order valence-corrected chi connectivity index (χ2v) is 7.88. The Labute approximate surface area is 172 Å². The van der Waals surface area contributed by atoms with Gasteiger partial charge in [-0.1, -0.05) is 24.3 Å². The van der Waals surface area contributed by atoms with Crippen LogP contribution in [0.1, 0.15) is 48.6 Å². The fraction of sp³-hybridized carbons (Fsp3) is 0.435. The predicted octanol–water partition coefficient (Wildman–Crippen LogP) is 6.37. The molecule has 0 radical (unpaired) electrons. The molecule has 7 heteroatoms. The van der Waals surface area contributed by atoms with Gasteiger partial charge in [0.2, 0.25) is 0 Å². The normalized spacial score (nSPS) is 30.9. The van der Waals surface area contributed by atoms with E-state index in [4.69, 9.17) is 9.47 Å². The van der Waals surface area contributed by atoms with Crippen molar-refractivity contribution in [3.8, 4) is 11.5 Å². The van der Waals surface area contributed by atoms with Gasteiger partial charge in [0.05, 0.1) is 0 Å². The van der Waals surface area contributed by atoms with Crippen LogP contribution >= 0.6 is 0 Å². The summed E-state index contributed by atoms with van der Waals surface area (Å²) in [4.78, 5) is 12.0. The zero-order valence-corrected chi connectivity index (χ0v) is 16.1. The Bertz CT molecular complexity index is 800. The molecule has 2 aromatic carbocycles. The number of ether oxygens (including phenoxy) is 2. The summed E-state index contributed by atoms with van der Waals surface area (Å²) >= 11 is 0. The van der Waals surface area contributed by atoms with Gasteiger partial charge in [0.1, 0.15) is 36.2 Å². The van der Waals surface area contributed by atoms with Gasteiger partial charge in [-0.3, -0.25) is 0 Å². The maximum atomic E-state index is 13.9. The van der Waals surface area contributed by atoms with Crippen LogP contribution in [0.2, 0.25) is 0 Å². The maximum absolute atomic E-state index is 13.9. The number of hydrogen-bond acceptors (Lipinski definition) is 3. The maximum Gasteiger partial charge on any atom is 0.519 e. The molecular formula is C23H22F4O3. The van der Waals surface area contributed by atoms with Crippen LogP contribution in [0.15, 0.2) is 48.5 Å². The summed E-state index contributed by atoms with van der Waals surface area (Å²) in [6.07, 6.45) is -5.57. The molecule has 0 saturated heterocycles. The summed E-state index contributed by atoms with van der Waals surface area (Å²) in [5, 5.41) is 0. The van der Waals surface area contributed by atoms with Gasteiger partial charge in [-0.2, -0.15) is 0 Å². The number of benzene rings is 2. The van der Waals surface area contributed by atoms with Crippen molar-refractivity contribution < 1.29 is 31.8 Å². The molecule has 0 amide bonds. The third kappa shape index (κ3) is 4.30. The second-order valence-electron chi connectivity index (χ2n) is 7.88. The Morgan fingerprint density at radius 1 is 0.633 bits per heavy atom. The first-order valence-corrected chi connectivity index (χ1v) is 10.1. The highest BCUT2D eigenvalue weighted by molar-refractivity contribution is 5.67. The van der Waals surface area contributed by atoms with Crippen molar-refractivity contribution in [1.82, 2.24) is 0 Å². The fourth-order valence-electron chi connectivity index (χ4n) is 4.30. The number of halogens is 4. The van der Waals surface area contributed by atoms with Gasteiger partial charge >= 0.3 is 6.16 Å². The van der Waals surface area contributed by atoms with Crippen LogP contribution in [0.3, 0.4) is 0 Å². The van der Waals surface area contributed by atoms with E-state index in [1.807, 2.05) is 0 Å². The van der Waals surface area contributed by atoms with Gasteiger partial charge in [0.25, 0.3) is 0 Å². The van der Waals surface area contributed by atoms with Crippen molar-refractivity contribution in [1.29, 1.82) is 0 Å². The monoisotopic (exact) mass is 422 g/mol. The van der Waals surface area contributed by atoms with Crippen LogP contribution in [0.25, 0.3) is 0 Å². The van der Waals surface area contributed by atoms with Crippen LogP contribution in [-0.4, -0.2) is 30.8 Å². The number of alkyl halides is 4. The quantitative estimate of drug-likeness (QED) is 0.326. The predicted molar refractivity (Wildman–Crippen MR) is 103 cm³/mol. The van der Waals surface area contributed by atoms with Gasteiger partial charge in [-0.05, 0) is 61.1 Å². The van der Waals surface area contributed by atoms with Crippen molar-refractivity contribution in [2.45, 2.75) is 62.2 Å². The lowest BCUT2D eigenvalue weighted by molar-refractivity contribution is 0.152. The minimum atomic E-state index is -1.52. The van der Waals surface area contributed by atoms with Crippen LogP contribution in [0.5, 0.6) is 11.5 Å². The molecule has 6 atom stereocenters. The van der Waals surface area contributed by atoms with E-state index in [0.29, 0.717) is 24.0 Å². The SMILES string of the molecule is O=C(Oc1ccc(C2CCC(F)C2F)cc1)Oc1ccc(C2CCC(F)C2F)cc1. The fourth-order valence-corrected chi connectivity index (χ4v) is 4.30. The van der Waals surface area contributed by atoms with Gasteiger partial charge in [-0.25, -0.2) is 22.4 Å². The number of rotatable bonds is 4. The Balaban J connectivity index is 1.32. The summed E-state index contributed by atoms with van der Waals surface area (Å²) < 4.78 is 64.7. The highest BCUT2D eigenvalue weighted by atomic mass is 19.2. The summed E-state index contributed by atoms with van der Waals surface area (Å²) in [5.74, 6) is -0.552. The van der Waals surface area contributed by atoms with E-state index in [1.165, 1.54) is 24.3 Å². The largest absolute Gasteiger partial charge is 0.519 e. The van der Waals surface area contributed by atoms with Crippen molar-refractivity contribution in [2.24, 2.45) is 0 Å². The molecule has 4 rings (SSSR count). The smallest absolute Gasteiger partial charge is 0.395 e. The first-order chi connectivity index (χ1) is 14.4. The molecule has 0 bridgehead atoms. The van der Waals surface area contributed by atoms with Crippen molar-refractivity contribution in [3.05, 3.63) is 59.7 Å². The molecule has 2 fully saturated rings. The van der Waals surface area contributed by atoms with E-state index in [2.05, 4.69) is 0 Å². The first kappa shape index (κ1) is 20.7. The van der Waals surface area contributed by atoms with E-state index in [1.54, 1.807) is 24.3 Å². The van der Waals surface area contributed by atoms with Gasteiger partial charge in [0.15, 0.2) is 0 Å². The zero-order chi connectivity index (χ0) is 21.3. The lowest BCUT2D eigenvalue weighted by Crippen LogP contribution is -2.16. The average molecular weight is 422 g/mol. The van der Waals surface area contributed by atoms with E-state index < -0.39 is 42.7 Å². The van der Waals surface area contributed by atoms with E-state index in [0.717, 1.165) is 0 Å². The number of hydrogen-bond donors (Lipinski definition) is 0. The van der Waals surface area contributed by atoms with Crippen LogP contribution in [0.4, 0.5) is 22.4 Å². The summed E-state index contributed by atoms with van der Waals surface area (Å²) in [6, 6.07) is 12.5. The molecule has 30 heavy (non-hydrogen) atoms. The highest BCUT2D eigenvalue weighted by Gasteiger charge is 2.38. The van der Waals surface area contributed by atoms with Gasteiger partial charge in [-0.15, -0.1) is 0 Å². The Morgan fingerprint density at radius 3 is 1.30 bits per heavy atom. The lowest BCUT2D eigenvalue weighted by Gasteiger charge is -2.15. The van der Waals surface area contributed by atoms with Crippen molar-refractivity contribution in [2.75, 3.05) is 0 Å². The number of carbonyl (C=O) groups is 1. The highest BCUT2D eigenvalue weighted by Crippen LogP contribution is 2.40. The first-order valence-electron chi connectivity index (χ1n) is 10.1. The number of carbonyl (C=O) groups excluding carboxylic acids is 1. The summed E-state index contributed by atoms with van der Waals surface area (Å²) in [6.45, 7) is 0. The van der Waals surface area contributed by atoms with Crippen LogP contribution < -0.4 is 9.47 Å². The molecule has 0 aromatic heterocycles. The topological polar surface area (TPSA) is 35.5 Å². The van der Waals surface area contributed by atoms with Gasteiger partial charge in [0, 0.05) is 11.8 Å². The second kappa shape index (κ2) is 8.66. The molecular weight excluding hydrogens is 400 g/mol. The molecule has 0 spiro atoms. The minimum Gasteiger partial charge on any atom is -0.395 e. The molecule has 2 aliphatic carbocycles. The molecule has 6 unspecified atom stereocenters. The third-order valence-corrected chi connectivity index (χ3v) is 5.99. The van der Waals surface area contributed by atoms with Crippen LogP contribution in [0, 0.1) is 0 Å². The van der Waals surface area contributed by atoms with E-state index >= 15 is 0 Å². The molecule has 0 aliphatic heterocycles. The van der Waals surface area contributed by atoms with Crippen molar-refractivity contribution in [3.63, 3.8) is 0 Å². The minimum absolute atomic E-state index is 0.205. The molecule has 160 valence electrons. The van der Waals surface area contributed by atoms with Crippen LogP contribution in [-0.2, 0) is 0 Å². The molecule has 2 aliphatic rings. The lowest BCUT2D eigenvalue weighted by atomic mass is 9.96. The molecule has 0 heterocycles. The zero-order valence-electron chi connectivity index (χ0n) is 16.1. The molecule has 3 nitrogen and oxygen atoms in total. The molecule has 2 aromatic rings. The van der Waals surface area contributed by atoms with Crippen molar-refractivity contribution >= 4 is 6.16 Å². The van der Waals surface area contributed by atoms with E-state index in [9.17, 15) is 22.4 Å². The standard InChI is InChI=1S/C23H22F4O3/c24-19-11-9-17(21(19)26)13-1-5-15(6-2-13)29-23(28)30-16-7-3-14(4-8-16)18-10-12-20(25)22(18)27/h1-8,17-22H,9-12H2. The Morgan fingerprint density at radius 2 is 1.00 bits per heavy atom. The Kier molecular flexibility index (Phi) is 5.97. The third-order valence-electron chi connectivity index (χ3n) is 5.99. The van der Waals surface area contributed by atoms with E-state index in [-0.39, 0.29) is 24.3 Å².